The molecule has 1 fully saturated rings. The summed E-state index contributed by atoms with van der Waals surface area (Å²) in [6.07, 6.45) is 0.548. The minimum Gasteiger partial charge on any atom is -0.341 e. The van der Waals surface area contributed by atoms with E-state index < -0.39 is 9.84 Å². The molecular weight excluding hydrogens is 306 g/mol. The normalized spacial score (nSPS) is 22.0. The summed E-state index contributed by atoms with van der Waals surface area (Å²) in [5, 5.41) is -0.222. The van der Waals surface area contributed by atoms with Crippen LogP contribution < -0.4 is 0 Å². The first-order valence-corrected chi connectivity index (χ1v) is 9.69. The second-order valence-corrected chi connectivity index (χ2v) is 9.23. The van der Waals surface area contributed by atoms with Crippen molar-refractivity contribution in [1.82, 2.24) is 4.90 Å². The Morgan fingerprint density at radius 2 is 2.14 bits per heavy atom. The quantitative estimate of drug-likeness (QED) is 0.795. The third kappa shape index (κ3) is 4.23. The van der Waals surface area contributed by atoms with Gasteiger partial charge in [0.05, 0.1) is 16.8 Å². The summed E-state index contributed by atoms with van der Waals surface area (Å²) in [5.41, 5.74) is 1.16. The summed E-state index contributed by atoms with van der Waals surface area (Å²) >= 11 is 1.51. The van der Waals surface area contributed by atoms with E-state index in [4.69, 9.17) is 0 Å². The Balaban J connectivity index is 1.99. The molecule has 1 heterocycles. The molecule has 0 spiro atoms. The molecule has 1 aliphatic rings. The SMILES string of the molecule is Cc1cccc(S[C@@H](C)C(=O)N(C)[C@@H]2CCS(=O)(=O)C2)c1. The molecular formula is C15H21NO3S2. The number of hydrogen-bond acceptors (Lipinski definition) is 4. The number of rotatable bonds is 4. The average molecular weight is 327 g/mol. The number of thioether (sulfide) groups is 1. The van der Waals surface area contributed by atoms with Gasteiger partial charge in [-0.05, 0) is 32.4 Å². The van der Waals surface area contributed by atoms with E-state index in [0.717, 1.165) is 10.5 Å². The van der Waals surface area contributed by atoms with Gasteiger partial charge in [-0.2, -0.15) is 0 Å². The molecule has 0 bridgehead atoms. The minimum absolute atomic E-state index is 0.0105. The van der Waals surface area contributed by atoms with Gasteiger partial charge in [-0.3, -0.25) is 4.79 Å². The molecule has 2 rings (SSSR count). The second-order valence-electron chi connectivity index (χ2n) is 5.58. The smallest absolute Gasteiger partial charge is 0.235 e. The van der Waals surface area contributed by atoms with Crippen molar-refractivity contribution in [2.24, 2.45) is 0 Å². The van der Waals surface area contributed by atoms with Crippen molar-refractivity contribution in [3.63, 3.8) is 0 Å². The highest BCUT2D eigenvalue weighted by molar-refractivity contribution is 8.00. The van der Waals surface area contributed by atoms with Crippen LogP contribution in [-0.4, -0.2) is 49.1 Å². The van der Waals surface area contributed by atoms with Crippen LogP contribution >= 0.6 is 11.8 Å². The van der Waals surface area contributed by atoms with Crippen molar-refractivity contribution in [3.8, 4) is 0 Å². The maximum absolute atomic E-state index is 12.4. The molecule has 6 heteroatoms. The summed E-state index contributed by atoms with van der Waals surface area (Å²) in [4.78, 5) is 15.1. The number of aryl methyl sites for hydroxylation is 1. The molecule has 0 radical (unpaired) electrons. The molecule has 1 aliphatic heterocycles. The van der Waals surface area contributed by atoms with Crippen molar-refractivity contribution < 1.29 is 13.2 Å². The lowest BCUT2D eigenvalue weighted by Crippen LogP contribution is -2.41. The maximum atomic E-state index is 12.4. The number of amides is 1. The number of hydrogen-bond donors (Lipinski definition) is 0. The Kier molecular flexibility index (Phi) is 4.99. The Morgan fingerprint density at radius 3 is 2.71 bits per heavy atom. The molecule has 0 N–H and O–H groups in total. The van der Waals surface area contributed by atoms with Gasteiger partial charge in [0.25, 0.3) is 0 Å². The minimum atomic E-state index is -2.96. The molecule has 1 aromatic rings. The molecule has 0 unspecified atom stereocenters. The third-order valence-corrected chi connectivity index (χ3v) is 6.59. The predicted octanol–water partition coefficient (Wildman–Crippen LogP) is 2.12. The van der Waals surface area contributed by atoms with Crippen molar-refractivity contribution in [1.29, 1.82) is 0 Å². The fourth-order valence-electron chi connectivity index (χ4n) is 2.49. The van der Waals surface area contributed by atoms with Crippen LogP contribution in [0.4, 0.5) is 0 Å². The molecule has 1 saturated heterocycles. The van der Waals surface area contributed by atoms with Crippen molar-refractivity contribution in [2.75, 3.05) is 18.6 Å². The zero-order valence-electron chi connectivity index (χ0n) is 12.6. The van der Waals surface area contributed by atoms with Crippen LogP contribution in [0.3, 0.4) is 0 Å². The van der Waals surface area contributed by atoms with Crippen molar-refractivity contribution in [2.45, 2.75) is 36.5 Å². The van der Waals surface area contributed by atoms with Gasteiger partial charge in [0.1, 0.15) is 0 Å². The first-order chi connectivity index (χ1) is 9.78. The Morgan fingerprint density at radius 1 is 1.43 bits per heavy atom. The molecule has 0 aliphatic carbocycles. The molecule has 0 aromatic heterocycles. The van der Waals surface area contributed by atoms with Gasteiger partial charge < -0.3 is 4.90 Å². The summed E-state index contributed by atoms with van der Waals surface area (Å²) in [6, 6.07) is 7.85. The maximum Gasteiger partial charge on any atom is 0.235 e. The highest BCUT2D eigenvalue weighted by atomic mass is 32.2. The number of carbonyl (C=O) groups is 1. The Labute approximate surface area is 130 Å². The summed E-state index contributed by atoms with van der Waals surface area (Å²) in [5.74, 6) is 0.273. The van der Waals surface area contributed by atoms with Crippen molar-refractivity contribution in [3.05, 3.63) is 29.8 Å². The first kappa shape index (κ1) is 16.4. The fourth-order valence-corrected chi connectivity index (χ4v) is 5.35. The van der Waals surface area contributed by atoms with Gasteiger partial charge in [-0.1, -0.05) is 17.7 Å². The molecule has 1 aromatic carbocycles. The van der Waals surface area contributed by atoms with E-state index in [0.29, 0.717) is 6.42 Å². The van der Waals surface area contributed by atoms with Crippen LogP contribution in [0.5, 0.6) is 0 Å². The highest BCUT2D eigenvalue weighted by Gasteiger charge is 2.34. The van der Waals surface area contributed by atoms with Gasteiger partial charge in [0.2, 0.25) is 5.91 Å². The van der Waals surface area contributed by atoms with E-state index in [1.165, 1.54) is 11.8 Å². The van der Waals surface area contributed by atoms with Crippen LogP contribution in [0.1, 0.15) is 18.9 Å². The lowest BCUT2D eigenvalue weighted by molar-refractivity contribution is -0.130. The van der Waals surface area contributed by atoms with E-state index in [9.17, 15) is 13.2 Å². The number of carbonyl (C=O) groups excluding carboxylic acids is 1. The molecule has 1 amide bonds. The average Bonchev–Trinajstić information content (AvgIpc) is 2.77. The van der Waals surface area contributed by atoms with E-state index in [1.54, 1.807) is 11.9 Å². The summed E-state index contributed by atoms with van der Waals surface area (Å²) < 4.78 is 23.0. The second kappa shape index (κ2) is 6.40. The number of benzene rings is 1. The fraction of sp³-hybridized carbons (Fsp3) is 0.533. The van der Waals surface area contributed by atoms with Crippen LogP contribution in [0.25, 0.3) is 0 Å². The Bertz CT molecular complexity index is 628. The zero-order chi connectivity index (χ0) is 15.6. The third-order valence-electron chi connectivity index (χ3n) is 3.75. The first-order valence-electron chi connectivity index (χ1n) is 6.99. The monoisotopic (exact) mass is 327 g/mol. The predicted molar refractivity (Wildman–Crippen MR) is 86.3 cm³/mol. The van der Waals surface area contributed by atoms with E-state index >= 15 is 0 Å². The number of sulfone groups is 1. The van der Waals surface area contributed by atoms with Crippen LogP contribution in [-0.2, 0) is 14.6 Å². The van der Waals surface area contributed by atoms with E-state index in [1.807, 2.05) is 32.0 Å². The largest absolute Gasteiger partial charge is 0.341 e. The van der Waals surface area contributed by atoms with Crippen LogP contribution in [0, 0.1) is 6.92 Å². The van der Waals surface area contributed by atoms with Crippen LogP contribution in [0.2, 0.25) is 0 Å². The van der Waals surface area contributed by atoms with Gasteiger partial charge in [0, 0.05) is 18.0 Å². The van der Waals surface area contributed by atoms with Crippen molar-refractivity contribution >= 4 is 27.5 Å². The van der Waals surface area contributed by atoms with Crippen LogP contribution in [0.15, 0.2) is 29.2 Å². The lowest BCUT2D eigenvalue weighted by atomic mass is 10.2. The highest BCUT2D eigenvalue weighted by Crippen LogP contribution is 2.26. The molecule has 2 atom stereocenters. The van der Waals surface area contributed by atoms with Gasteiger partial charge >= 0.3 is 0 Å². The van der Waals surface area contributed by atoms with Gasteiger partial charge in [0.15, 0.2) is 9.84 Å². The number of nitrogens with zero attached hydrogens (tertiary/aromatic N) is 1. The molecule has 21 heavy (non-hydrogen) atoms. The standard InChI is InChI=1S/C15H21NO3S2/c1-11-5-4-6-14(9-11)20-12(2)15(17)16(3)13-7-8-21(18,19)10-13/h4-6,9,12-13H,7-8,10H2,1-3H3/t12-,13+/m0/s1. The zero-order valence-corrected chi connectivity index (χ0v) is 14.2. The molecule has 0 saturated carbocycles. The Hall–Kier alpha value is -1.01. The van der Waals surface area contributed by atoms with Gasteiger partial charge in [-0.15, -0.1) is 11.8 Å². The molecule has 116 valence electrons. The summed E-state index contributed by atoms with van der Waals surface area (Å²) in [7, 11) is -1.26. The lowest BCUT2D eigenvalue weighted by Gasteiger charge is -2.26. The molecule has 4 nitrogen and oxygen atoms in total. The van der Waals surface area contributed by atoms with Gasteiger partial charge in [-0.25, -0.2) is 8.42 Å². The summed E-state index contributed by atoms with van der Waals surface area (Å²) in [6.45, 7) is 3.89. The van der Waals surface area contributed by atoms with E-state index in [-0.39, 0.29) is 28.7 Å². The topological polar surface area (TPSA) is 54.5 Å². The van der Waals surface area contributed by atoms with E-state index in [2.05, 4.69) is 6.07 Å².